The average Bonchev–Trinajstić information content (AvgIpc) is 3.08. The van der Waals surface area contributed by atoms with Crippen LogP contribution in [0.3, 0.4) is 0 Å². The average molecular weight is 457 g/mol. The molecule has 0 aliphatic carbocycles. The van der Waals surface area contributed by atoms with Crippen molar-refractivity contribution in [3.8, 4) is 5.75 Å². The van der Waals surface area contributed by atoms with Gasteiger partial charge < -0.3 is 15.4 Å². The van der Waals surface area contributed by atoms with Crippen LogP contribution in [0, 0.1) is 6.92 Å². The Kier molecular flexibility index (Phi) is 6.40. The van der Waals surface area contributed by atoms with Crippen molar-refractivity contribution in [2.24, 2.45) is 0 Å². The lowest BCUT2D eigenvalue weighted by Gasteiger charge is -2.14. The topological polar surface area (TPSA) is 105 Å². The first-order valence-electron chi connectivity index (χ1n) is 10.6. The third kappa shape index (κ3) is 4.66. The highest BCUT2D eigenvalue weighted by Crippen LogP contribution is 2.25. The summed E-state index contributed by atoms with van der Waals surface area (Å²) in [4.78, 5) is 51.0. The number of aryl methyl sites for hydroxylation is 1. The van der Waals surface area contributed by atoms with Gasteiger partial charge in [0.25, 0.3) is 17.7 Å². The van der Waals surface area contributed by atoms with Crippen molar-refractivity contribution in [1.82, 2.24) is 10.2 Å². The van der Waals surface area contributed by atoms with Crippen LogP contribution in [0.1, 0.15) is 42.2 Å². The number of carbonyl (C=O) groups excluding carboxylic acids is 4. The summed E-state index contributed by atoms with van der Waals surface area (Å²) in [5.74, 6) is -0.950. The summed E-state index contributed by atoms with van der Waals surface area (Å²) in [6.45, 7) is 1.79. The Morgan fingerprint density at radius 1 is 0.912 bits per heavy atom. The molecule has 0 fully saturated rings. The number of nitrogens with zero attached hydrogens (tertiary/aromatic N) is 1. The van der Waals surface area contributed by atoms with Crippen molar-refractivity contribution in [2.45, 2.75) is 13.5 Å². The summed E-state index contributed by atoms with van der Waals surface area (Å²) in [7, 11) is 1.51. The monoisotopic (exact) mass is 457 g/mol. The minimum absolute atomic E-state index is 0.106. The van der Waals surface area contributed by atoms with Gasteiger partial charge in [-0.05, 0) is 54.4 Å². The molecular formula is C26H23N3O5. The first-order chi connectivity index (χ1) is 16.4. The van der Waals surface area contributed by atoms with Gasteiger partial charge in [0.2, 0.25) is 5.91 Å². The van der Waals surface area contributed by atoms with Gasteiger partial charge in [-0.1, -0.05) is 30.3 Å². The van der Waals surface area contributed by atoms with Gasteiger partial charge in [0.1, 0.15) is 5.75 Å². The molecule has 0 atom stereocenters. The lowest BCUT2D eigenvalue weighted by Crippen LogP contribution is -2.33. The van der Waals surface area contributed by atoms with E-state index in [1.165, 1.54) is 12.0 Å². The van der Waals surface area contributed by atoms with Crippen LogP contribution in [0.15, 0.2) is 66.7 Å². The third-order valence-corrected chi connectivity index (χ3v) is 5.47. The maximum absolute atomic E-state index is 12.5. The number of fused-ring (bicyclic) bond motifs is 1. The highest BCUT2D eigenvalue weighted by atomic mass is 16.5. The molecule has 0 saturated carbocycles. The number of amides is 4. The number of nitrogens with one attached hydrogen (secondary N) is 2. The molecule has 4 rings (SSSR count). The smallest absolute Gasteiger partial charge is 0.261 e. The van der Waals surface area contributed by atoms with Gasteiger partial charge in [-0.25, -0.2) is 0 Å². The van der Waals surface area contributed by atoms with Crippen molar-refractivity contribution in [3.05, 3.63) is 94.5 Å². The number of carbonyl (C=O) groups is 4. The summed E-state index contributed by atoms with van der Waals surface area (Å²) in [5, 5.41) is 5.31. The quantitative estimate of drug-likeness (QED) is 0.531. The van der Waals surface area contributed by atoms with E-state index < -0.39 is 5.91 Å². The molecule has 0 aromatic heterocycles. The van der Waals surface area contributed by atoms with Crippen LogP contribution in [0.25, 0.3) is 0 Å². The Morgan fingerprint density at radius 3 is 2.18 bits per heavy atom. The number of hydrogen-bond acceptors (Lipinski definition) is 5. The predicted octanol–water partition coefficient (Wildman–Crippen LogP) is 3.17. The van der Waals surface area contributed by atoms with E-state index >= 15 is 0 Å². The lowest BCUT2D eigenvalue weighted by molar-refractivity contribution is -0.115. The zero-order chi connectivity index (χ0) is 24.2. The first-order valence-corrected chi connectivity index (χ1v) is 10.6. The number of rotatable bonds is 7. The Labute approximate surface area is 196 Å². The Hall–Kier alpha value is -4.46. The van der Waals surface area contributed by atoms with E-state index in [1.54, 1.807) is 60.7 Å². The second-order valence-corrected chi connectivity index (χ2v) is 7.87. The molecule has 4 amide bonds. The van der Waals surface area contributed by atoms with Crippen LogP contribution in [-0.4, -0.2) is 42.2 Å². The van der Waals surface area contributed by atoms with Crippen LogP contribution in [-0.2, 0) is 11.3 Å². The molecule has 1 aliphatic rings. The van der Waals surface area contributed by atoms with Crippen molar-refractivity contribution in [1.29, 1.82) is 0 Å². The van der Waals surface area contributed by atoms with Crippen LogP contribution in [0.4, 0.5) is 5.69 Å². The van der Waals surface area contributed by atoms with E-state index in [4.69, 9.17) is 4.74 Å². The number of anilines is 1. The zero-order valence-electron chi connectivity index (χ0n) is 18.8. The number of hydrogen-bond donors (Lipinski definition) is 2. The fraction of sp³-hybridized carbons (Fsp3) is 0.154. The number of benzene rings is 3. The molecule has 1 aliphatic heterocycles. The zero-order valence-corrected chi connectivity index (χ0v) is 18.8. The second kappa shape index (κ2) is 9.58. The van der Waals surface area contributed by atoms with Gasteiger partial charge in [0, 0.05) is 5.56 Å². The summed E-state index contributed by atoms with van der Waals surface area (Å²) in [6.07, 6.45) is 0. The van der Waals surface area contributed by atoms with Crippen LogP contribution >= 0.6 is 0 Å². The van der Waals surface area contributed by atoms with Gasteiger partial charge in [0.05, 0.1) is 37.0 Å². The summed E-state index contributed by atoms with van der Waals surface area (Å²) in [6, 6.07) is 18.6. The molecule has 3 aromatic carbocycles. The van der Waals surface area contributed by atoms with E-state index in [2.05, 4.69) is 10.6 Å². The fourth-order valence-corrected chi connectivity index (χ4v) is 3.70. The normalized spacial score (nSPS) is 12.4. The molecule has 8 heteroatoms. The van der Waals surface area contributed by atoms with Crippen LogP contribution < -0.4 is 15.4 Å². The van der Waals surface area contributed by atoms with Crippen molar-refractivity contribution in [3.63, 3.8) is 0 Å². The molecule has 0 unspecified atom stereocenters. The highest BCUT2D eigenvalue weighted by molar-refractivity contribution is 6.21. The standard InChI is InChI=1S/C26H23N3O5/c1-16-7-12-22(34-2)21(13-16)28-23(30)14-27-24(31)18-10-8-17(9-11-18)15-29-25(32)19-5-3-4-6-20(19)26(29)33/h3-13H,14-15H2,1-2H3,(H,27,31)(H,28,30). The van der Waals surface area contributed by atoms with Crippen molar-refractivity contribution < 1.29 is 23.9 Å². The number of methoxy groups -OCH3 is 1. The maximum Gasteiger partial charge on any atom is 0.261 e. The molecule has 172 valence electrons. The third-order valence-electron chi connectivity index (χ3n) is 5.47. The lowest BCUT2D eigenvalue weighted by atomic mass is 10.1. The van der Waals surface area contributed by atoms with Gasteiger partial charge in [-0.15, -0.1) is 0 Å². The molecule has 3 aromatic rings. The van der Waals surface area contributed by atoms with E-state index in [0.717, 1.165) is 5.56 Å². The Bertz CT molecular complexity index is 1250. The van der Waals surface area contributed by atoms with Crippen molar-refractivity contribution in [2.75, 3.05) is 19.0 Å². The van der Waals surface area contributed by atoms with E-state index in [0.29, 0.717) is 33.7 Å². The minimum Gasteiger partial charge on any atom is -0.495 e. The largest absolute Gasteiger partial charge is 0.495 e. The van der Waals surface area contributed by atoms with Gasteiger partial charge in [0.15, 0.2) is 0 Å². The molecule has 2 N–H and O–H groups in total. The van der Waals surface area contributed by atoms with Gasteiger partial charge in [-0.3, -0.25) is 24.1 Å². The first kappa shape index (κ1) is 22.7. The molecule has 1 heterocycles. The van der Waals surface area contributed by atoms with E-state index in [9.17, 15) is 19.2 Å². The molecular weight excluding hydrogens is 434 g/mol. The SMILES string of the molecule is COc1ccc(C)cc1NC(=O)CNC(=O)c1ccc(CN2C(=O)c3ccccc3C2=O)cc1. The minimum atomic E-state index is -0.418. The van der Waals surface area contributed by atoms with Crippen LogP contribution in [0.5, 0.6) is 5.75 Å². The molecule has 0 saturated heterocycles. The molecule has 0 radical (unpaired) electrons. The molecule has 34 heavy (non-hydrogen) atoms. The summed E-state index contributed by atoms with van der Waals surface area (Å²) in [5.41, 5.74) is 3.33. The van der Waals surface area contributed by atoms with Gasteiger partial charge >= 0.3 is 0 Å². The van der Waals surface area contributed by atoms with Crippen LogP contribution in [0.2, 0.25) is 0 Å². The maximum atomic E-state index is 12.5. The Morgan fingerprint density at radius 2 is 1.56 bits per heavy atom. The highest BCUT2D eigenvalue weighted by Gasteiger charge is 2.34. The van der Waals surface area contributed by atoms with E-state index in [1.807, 2.05) is 13.0 Å². The Balaban J connectivity index is 1.33. The summed E-state index contributed by atoms with van der Waals surface area (Å²) >= 11 is 0. The molecule has 8 nitrogen and oxygen atoms in total. The number of ether oxygens (including phenoxy) is 1. The number of imide groups is 1. The van der Waals surface area contributed by atoms with Gasteiger partial charge in [-0.2, -0.15) is 0 Å². The predicted molar refractivity (Wildman–Crippen MR) is 126 cm³/mol. The van der Waals surface area contributed by atoms with Crippen molar-refractivity contribution >= 4 is 29.3 Å². The molecule has 0 bridgehead atoms. The summed E-state index contributed by atoms with van der Waals surface area (Å²) < 4.78 is 5.24. The second-order valence-electron chi connectivity index (χ2n) is 7.87. The molecule has 0 spiro atoms. The van der Waals surface area contributed by atoms with E-state index in [-0.39, 0.29) is 30.8 Å². The fourth-order valence-electron chi connectivity index (χ4n) is 3.70.